The first-order valence-electron chi connectivity index (χ1n) is 12.0. The zero-order valence-electron chi connectivity index (χ0n) is 21.2. The number of hydrogen-bond acceptors (Lipinski definition) is 7. The first kappa shape index (κ1) is 25.7. The van der Waals surface area contributed by atoms with Crippen LogP contribution in [0.25, 0.3) is 11.4 Å². The fraction of sp³-hybridized carbons (Fsp3) is 0.214. The standard InChI is InChI=1S/C28H27N5O4S/c1-27(2,3)32-38(36,37)22-10-8-21(9-11-22)28(35)23-6-4-5-7-24(23)33(26(28)34)18-19-16-30-25(31-17-19)20-12-14-29-15-13-20/h4-17,32,35H,18H2,1-3H3. The van der Waals surface area contributed by atoms with Gasteiger partial charge in [0, 0.05) is 47.0 Å². The Kier molecular flexibility index (Phi) is 6.34. The molecule has 5 rings (SSSR count). The van der Waals surface area contributed by atoms with Gasteiger partial charge in [0.15, 0.2) is 11.4 Å². The summed E-state index contributed by atoms with van der Waals surface area (Å²) >= 11 is 0. The lowest BCUT2D eigenvalue weighted by molar-refractivity contribution is -0.132. The van der Waals surface area contributed by atoms with Crippen LogP contribution in [0.2, 0.25) is 0 Å². The highest BCUT2D eigenvalue weighted by Crippen LogP contribution is 2.45. The molecular weight excluding hydrogens is 502 g/mol. The number of carbonyl (C=O) groups excluding carboxylic acids is 1. The van der Waals surface area contributed by atoms with E-state index in [4.69, 9.17) is 0 Å². The van der Waals surface area contributed by atoms with Crippen molar-refractivity contribution in [3.05, 3.63) is 102 Å². The summed E-state index contributed by atoms with van der Waals surface area (Å²) in [6, 6.07) is 16.4. The number of anilines is 1. The Labute approximate surface area is 221 Å². The molecular formula is C28H27N5O4S. The fourth-order valence-corrected chi connectivity index (χ4v) is 5.90. The van der Waals surface area contributed by atoms with Crippen LogP contribution in [-0.2, 0) is 27.0 Å². The van der Waals surface area contributed by atoms with Gasteiger partial charge in [0.05, 0.1) is 17.1 Å². The first-order valence-corrected chi connectivity index (χ1v) is 13.5. The number of aliphatic hydroxyl groups is 1. The van der Waals surface area contributed by atoms with Crippen LogP contribution in [0.5, 0.6) is 0 Å². The molecule has 2 aromatic heterocycles. The van der Waals surface area contributed by atoms with E-state index in [-0.39, 0.29) is 17.0 Å². The molecule has 1 unspecified atom stereocenters. The SMILES string of the molecule is CC(C)(C)NS(=O)(=O)c1ccc(C2(O)C(=O)N(Cc3cnc(-c4ccncc4)nc3)c3ccccc32)cc1. The summed E-state index contributed by atoms with van der Waals surface area (Å²) in [5.41, 5.74) is 0.130. The number of sulfonamides is 1. The lowest BCUT2D eigenvalue weighted by Crippen LogP contribution is -2.41. The van der Waals surface area contributed by atoms with Crippen LogP contribution in [0.3, 0.4) is 0 Å². The van der Waals surface area contributed by atoms with Crippen LogP contribution in [0, 0.1) is 0 Å². The van der Waals surface area contributed by atoms with Gasteiger partial charge >= 0.3 is 0 Å². The summed E-state index contributed by atoms with van der Waals surface area (Å²) in [4.78, 5) is 28.1. The van der Waals surface area contributed by atoms with E-state index in [0.29, 0.717) is 22.6 Å². The predicted molar refractivity (Wildman–Crippen MR) is 142 cm³/mol. The molecule has 4 aromatic rings. The molecule has 1 aliphatic rings. The Balaban J connectivity index is 1.45. The number of benzene rings is 2. The quantitative estimate of drug-likeness (QED) is 0.392. The third kappa shape index (κ3) is 4.69. The molecule has 0 saturated carbocycles. The molecule has 9 nitrogen and oxygen atoms in total. The van der Waals surface area contributed by atoms with Gasteiger partial charge in [-0.2, -0.15) is 0 Å². The molecule has 0 radical (unpaired) electrons. The number of rotatable bonds is 6. The maximum atomic E-state index is 13.7. The Morgan fingerprint density at radius 1 is 0.947 bits per heavy atom. The van der Waals surface area contributed by atoms with E-state index < -0.39 is 27.1 Å². The lowest BCUT2D eigenvalue weighted by atomic mass is 9.87. The van der Waals surface area contributed by atoms with Crippen molar-refractivity contribution in [2.24, 2.45) is 0 Å². The Morgan fingerprint density at radius 2 is 1.58 bits per heavy atom. The minimum absolute atomic E-state index is 0.0433. The highest BCUT2D eigenvalue weighted by atomic mass is 32.2. The lowest BCUT2D eigenvalue weighted by Gasteiger charge is -2.24. The third-order valence-electron chi connectivity index (χ3n) is 6.15. The van der Waals surface area contributed by atoms with Crippen molar-refractivity contribution < 1.29 is 18.3 Å². The normalized spacial score (nSPS) is 17.5. The van der Waals surface area contributed by atoms with Gasteiger partial charge in [0.2, 0.25) is 10.0 Å². The van der Waals surface area contributed by atoms with Crippen molar-refractivity contribution in [1.29, 1.82) is 0 Å². The van der Waals surface area contributed by atoms with E-state index in [1.54, 1.807) is 69.8 Å². The van der Waals surface area contributed by atoms with Crippen molar-refractivity contribution in [2.75, 3.05) is 4.90 Å². The molecule has 0 aliphatic carbocycles. The second kappa shape index (κ2) is 9.39. The highest BCUT2D eigenvalue weighted by Gasteiger charge is 2.51. The average molecular weight is 530 g/mol. The van der Waals surface area contributed by atoms with Gasteiger partial charge in [0.1, 0.15) is 0 Å². The second-order valence-corrected chi connectivity index (χ2v) is 11.8. The molecule has 2 aromatic carbocycles. The smallest absolute Gasteiger partial charge is 0.268 e. The van der Waals surface area contributed by atoms with Crippen LogP contribution < -0.4 is 9.62 Å². The molecule has 0 saturated heterocycles. The molecule has 1 atom stereocenters. The second-order valence-electron chi connectivity index (χ2n) is 10.1. The monoisotopic (exact) mass is 529 g/mol. The minimum Gasteiger partial charge on any atom is -0.372 e. The van der Waals surface area contributed by atoms with E-state index in [1.165, 1.54) is 29.2 Å². The molecule has 1 amide bonds. The largest absolute Gasteiger partial charge is 0.372 e. The number of nitrogens with one attached hydrogen (secondary N) is 1. The Bertz CT molecular complexity index is 1590. The zero-order valence-corrected chi connectivity index (χ0v) is 22.0. The molecule has 2 N–H and O–H groups in total. The Hall–Kier alpha value is -3.99. The van der Waals surface area contributed by atoms with E-state index in [1.807, 2.05) is 12.1 Å². The number of hydrogen-bond donors (Lipinski definition) is 2. The fourth-order valence-electron chi connectivity index (χ4n) is 4.48. The maximum absolute atomic E-state index is 13.7. The third-order valence-corrected chi connectivity index (χ3v) is 7.92. The van der Waals surface area contributed by atoms with E-state index in [0.717, 1.165) is 5.56 Å². The number of aromatic nitrogens is 3. The number of amides is 1. The number of carbonyl (C=O) groups is 1. The average Bonchev–Trinajstić information content (AvgIpc) is 3.11. The maximum Gasteiger partial charge on any atom is 0.268 e. The van der Waals surface area contributed by atoms with Crippen LogP contribution in [0.15, 0.2) is 90.3 Å². The van der Waals surface area contributed by atoms with Gasteiger partial charge in [-0.1, -0.05) is 30.3 Å². The first-order chi connectivity index (χ1) is 18.0. The summed E-state index contributed by atoms with van der Waals surface area (Å²) in [5.74, 6) is -0.00266. The number of nitrogens with zero attached hydrogens (tertiary/aromatic N) is 4. The molecule has 10 heteroatoms. The number of fused-ring (bicyclic) bond motifs is 1. The summed E-state index contributed by atoms with van der Waals surface area (Å²) in [6.07, 6.45) is 6.63. The van der Waals surface area contributed by atoms with E-state index >= 15 is 0 Å². The van der Waals surface area contributed by atoms with Gasteiger partial charge in [0.25, 0.3) is 5.91 Å². The van der Waals surface area contributed by atoms with Crippen molar-refractivity contribution in [3.63, 3.8) is 0 Å². The molecule has 0 bridgehead atoms. The molecule has 0 fully saturated rings. The van der Waals surface area contributed by atoms with E-state index in [9.17, 15) is 18.3 Å². The van der Waals surface area contributed by atoms with Crippen molar-refractivity contribution in [1.82, 2.24) is 19.7 Å². The predicted octanol–water partition coefficient (Wildman–Crippen LogP) is 3.40. The molecule has 1 aliphatic heterocycles. The molecule has 194 valence electrons. The molecule has 3 heterocycles. The van der Waals surface area contributed by atoms with Crippen molar-refractivity contribution >= 4 is 21.6 Å². The zero-order chi connectivity index (χ0) is 27.1. The van der Waals surface area contributed by atoms with Crippen molar-refractivity contribution in [3.8, 4) is 11.4 Å². The van der Waals surface area contributed by atoms with Gasteiger partial charge in [-0.15, -0.1) is 0 Å². The van der Waals surface area contributed by atoms with Gasteiger partial charge in [-0.3, -0.25) is 9.78 Å². The van der Waals surface area contributed by atoms with Gasteiger partial charge in [-0.05, 0) is 56.7 Å². The van der Waals surface area contributed by atoms with Gasteiger partial charge in [-0.25, -0.2) is 23.1 Å². The number of para-hydroxylation sites is 1. The Morgan fingerprint density at radius 3 is 2.21 bits per heavy atom. The summed E-state index contributed by atoms with van der Waals surface area (Å²) in [7, 11) is -3.77. The number of pyridine rings is 1. The van der Waals surface area contributed by atoms with Gasteiger partial charge < -0.3 is 10.0 Å². The van der Waals surface area contributed by atoms with Crippen LogP contribution in [0.1, 0.15) is 37.5 Å². The topological polar surface area (TPSA) is 125 Å². The molecule has 0 spiro atoms. The van der Waals surface area contributed by atoms with E-state index in [2.05, 4.69) is 19.7 Å². The molecule has 38 heavy (non-hydrogen) atoms. The van der Waals surface area contributed by atoms with Crippen LogP contribution in [-0.4, -0.2) is 39.9 Å². The minimum atomic E-state index is -3.77. The highest BCUT2D eigenvalue weighted by molar-refractivity contribution is 7.89. The summed E-state index contributed by atoms with van der Waals surface area (Å²) in [6.45, 7) is 5.41. The van der Waals surface area contributed by atoms with Crippen molar-refractivity contribution in [2.45, 2.75) is 43.4 Å². The van der Waals surface area contributed by atoms with Crippen LogP contribution >= 0.6 is 0 Å². The summed E-state index contributed by atoms with van der Waals surface area (Å²) in [5, 5.41) is 11.8. The van der Waals surface area contributed by atoms with Crippen LogP contribution in [0.4, 0.5) is 5.69 Å². The summed E-state index contributed by atoms with van der Waals surface area (Å²) < 4.78 is 28.1.